The number of ether oxygens (including phenoxy) is 1. The lowest BCUT2D eigenvalue weighted by atomic mass is 10.1. The SMILES string of the molecule is CCOC1=C/C(=N\c2ccc(C#N)cc2Cl)C(N(C)C)=CC1=N. The topological polar surface area (TPSA) is 72.5 Å². The average molecular weight is 329 g/mol. The van der Waals surface area contributed by atoms with Gasteiger partial charge in [0.1, 0.15) is 5.76 Å². The minimum Gasteiger partial charge on any atom is -0.492 e. The normalized spacial score (nSPS) is 15.8. The van der Waals surface area contributed by atoms with E-state index in [-0.39, 0.29) is 0 Å². The van der Waals surface area contributed by atoms with Crippen molar-refractivity contribution in [2.75, 3.05) is 20.7 Å². The number of aliphatic imine (C=N–C) groups is 1. The summed E-state index contributed by atoms with van der Waals surface area (Å²) in [6.07, 6.45) is 3.44. The van der Waals surface area contributed by atoms with Gasteiger partial charge in [0.05, 0.1) is 46.1 Å². The Labute approximate surface area is 140 Å². The Morgan fingerprint density at radius 1 is 1.35 bits per heavy atom. The third kappa shape index (κ3) is 3.79. The van der Waals surface area contributed by atoms with Crippen molar-refractivity contribution >= 4 is 28.7 Å². The van der Waals surface area contributed by atoms with Gasteiger partial charge < -0.3 is 9.64 Å². The molecule has 0 saturated carbocycles. The largest absolute Gasteiger partial charge is 0.492 e. The third-order valence-electron chi connectivity index (χ3n) is 3.18. The summed E-state index contributed by atoms with van der Waals surface area (Å²) >= 11 is 6.20. The molecule has 0 heterocycles. The van der Waals surface area contributed by atoms with Gasteiger partial charge in [0.2, 0.25) is 0 Å². The summed E-state index contributed by atoms with van der Waals surface area (Å²) in [7, 11) is 3.77. The van der Waals surface area contributed by atoms with Crippen LogP contribution in [0.4, 0.5) is 5.69 Å². The molecule has 0 fully saturated rings. The molecule has 0 amide bonds. The highest BCUT2D eigenvalue weighted by Crippen LogP contribution is 2.28. The lowest BCUT2D eigenvalue weighted by Crippen LogP contribution is -2.24. The van der Waals surface area contributed by atoms with Crippen LogP contribution in [0.5, 0.6) is 0 Å². The van der Waals surface area contributed by atoms with Crippen LogP contribution in [0.15, 0.2) is 46.8 Å². The second-order valence-electron chi connectivity index (χ2n) is 5.05. The first-order valence-corrected chi connectivity index (χ1v) is 7.45. The number of nitriles is 1. The fraction of sp³-hybridized carbons (Fsp3) is 0.235. The average Bonchev–Trinajstić information content (AvgIpc) is 2.52. The van der Waals surface area contributed by atoms with Gasteiger partial charge in [0, 0.05) is 20.2 Å². The van der Waals surface area contributed by atoms with Crippen molar-refractivity contribution in [2.45, 2.75) is 6.92 Å². The summed E-state index contributed by atoms with van der Waals surface area (Å²) in [4.78, 5) is 6.45. The fourth-order valence-electron chi connectivity index (χ4n) is 2.08. The lowest BCUT2D eigenvalue weighted by Gasteiger charge is -2.22. The van der Waals surface area contributed by atoms with Crippen molar-refractivity contribution in [3.63, 3.8) is 0 Å². The summed E-state index contributed by atoms with van der Waals surface area (Å²) in [5.41, 5.74) is 2.80. The molecule has 0 saturated heterocycles. The van der Waals surface area contributed by atoms with Crippen molar-refractivity contribution in [2.24, 2.45) is 4.99 Å². The zero-order valence-corrected chi connectivity index (χ0v) is 14.0. The highest BCUT2D eigenvalue weighted by atomic mass is 35.5. The van der Waals surface area contributed by atoms with E-state index in [9.17, 15) is 0 Å². The highest BCUT2D eigenvalue weighted by molar-refractivity contribution is 6.33. The molecule has 0 aliphatic heterocycles. The second kappa shape index (κ2) is 7.12. The number of nitrogens with zero attached hydrogens (tertiary/aromatic N) is 3. The lowest BCUT2D eigenvalue weighted by molar-refractivity contribution is 0.249. The summed E-state index contributed by atoms with van der Waals surface area (Å²) in [5, 5.41) is 17.3. The number of rotatable bonds is 4. The van der Waals surface area contributed by atoms with E-state index in [2.05, 4.69) is 4.99 Å². The van der Waals surface area contributed by atoms with Crippen molar-refractivity contribution in [1.29, 1.82) is 10.7 Å². The molecule has 1 aromatic rings. The van der Waals surface area contributed by atoms with Crippen LogP contribution in [0.2, 0.25) is 5.02 Å². The van der Waals surface area contributed by atoms with Crippen molar-refractivity contribution in [3.05, 3.63) is 52.4 Å². The first-order valence-electron chi connectivity index (χ1n) is 7.07. The monoisotopic (exact) mass is 328 g/mol. The van der Waals surface area contributed by atoms with E-state index in [0.717, 1.165) is 5.70 Å². The maximum Gasteiger partial charge on any atom is 0.146 e. The van der Waals surface area contributed by atoms with Crippen LogP contribution < -0.4 is 0 Å². The van der Waals surface area contributed by atoms with Gasteiger partial charge in [-0.3, -0.25) is 5.41 Å². The van der Waals surface area contributed by atoms with E-state index in [1.807, 2.05) is 32.0 Å². The number of halogens is 1. The summed E-state index contributed by atoms with van der Waals surface area (Å²) in [6, 6.07) is 7.00. The molecule has 23 heavy (non-hydrogen) atoms. The van der Waals surface area contributed by atoms with Crippen molar-refractivity contribution < 1.29 is 4.74 Å². The molecular weight excluding hydrogens is 312 g/mol. The molecule has 1 aliphatic carbocycles. The summed E-state index contributed by atoms with van der Waals surface area (Å²) in [6.45, 7) is 2.35. The summed E-state index contributed by atoms with van der Waals surface area (Å²) in [5.74, 6) is 0.474. The van der Waals surface area contributed by atoms with E-state index in [4.69, 9.17) is 27.0 Å². The third-order valence-corrected chi connectivity index (χ3v) is 3.48. The van der Waals surface area contributed by atoms with E-state index in [0.29, 0.717) is 40.1 Å². The van der Waals surface area contributed by atoms with Gasteiger partial charge in [-0.15, -0.1) is 0 Å². The molecule has 0 radical (unpaired) electrons. The predicted molar refractivity (Wildman–Crippen MR) is 92.5 cm³/mol. The molecule has 5 nitrogen and oxygen atoms in total. The number of allylic oxidation sites excluding steroid dienone is 2. The quantitative estimate of drug-likeness (QED) is 0.857. The van der Waals surface area contributed by atoms with Crippen molar-refractivity contribution in [3.8, 4) is 6.07 Å². The molecule has 118 valence electrons. The molecule has 0 spiro atoms. The molecule has 0 atom stereocenters. The standard InChI is InChI=1S/C17H17ClN4O/c1-4-23-17-9-15(16(22(2)3)8-13(17)20)21-14-6-5-11(10-19)7-12(14)18/h5-9,20H,4H2,1-3H3/b20-13?,21-15+. The highest BCUT2D eigenvalue weighted by Gasteiger charge is 2.19. The van der Waals surface area contributed by atoms with Gasteiger partial charge in [-0.2, -0.15) is 5.26 Å². The first kappa shape index (κ1) is 16.8. The maximum atomic E-state index is 8.90. The first-order chi connectivity index (χ1) is 11.0. The Bertz CT molecular complexity index is 769. The molecule has 0 aromatic heterocycles. The smallest absolute Gasteiger partial charge is 0.146 e. The van der Waals surface area contributed by atoms with Gasteiger partial charge >= 0.3 is 0 Å². The van der Waals surface area contributed by atoms with Crippen LogP contribution in [0.3, 0.4) is 0 Å². The molecule has 0 bridgehead atoms. The van der Waals surface area contributed by atoms with E-state index in [1.54, 1.807) is 30.4 Å². The Balaban J connectivity index is 2.50. The maximum absolute atomic E-state index is 8.90. The zero-order valence-electron chi connectivity index (χ0n) is 13.2. The van der Waals surface area contributed by atoms with Gasteiger partial charge in [-0.05, 0) is 31.2 Å². The minimum absolute atomic E-state index is 0.306. The van der Waals surface area contributed by atoms with Gasteiger partial charge in [-0.1, -0.05) is 11.6 Å². The minimum atomic E-state index is 0.306. The summed E-state index contributed by atoms with van der Waals surface area (Å²) < 4.78 is 5.47. The van der Waals surface area contributed by atoms with Crippen LogP contribution in [-0.2, 0) is 4.74 Å². The molecule has 2 rings (SSSR count). The molecule has 1 N–H and O–H groups in total. The zero-order chi connectivity index (χ0) is 17.0. The number of hydrogen-bond donors (Lipinski definition) is 1. The van der Waals surface area contributed by atoms with Crippen LogP contribution >= 0.6 is 11.6 Å². The van der Waals surface area contributed by atoms with Gasteiger partial charge in [0.25, 0.3) is 0 Å². The molecule has 0 unspecified atom stereocenters. The van der Waals surface area contributed by atoms with E-state index < -0.39 is 0 Å². The van der Waals surface area contributed by atoms with Gasteiger partial charge in [-0.25, -0.2) is 4.99 Å². The Morgan fingerprint density at radius 2 is 2.09 bits per heavy atom. The molecule has 1 aromatic carbocycles. The van der Waals surface area contributed by atoms with Crippen LogP contribution in [0.1, 0.15) is 12.5 Å². The van der Waals surface area contributed by atoms with Crippen molar-refractivity contribution in [1.82, 2.24) is 4.90 Å². The number of benzene rings is 1. The van der Waals surface area contributed by atoms with Gasteiger partial charge in [0.15, 0.2) is 0 Å². The number of hydrogen-bond acceptors (Lipinski definition) is 5. The van der Waals surface area contributed by atoms with Crippen LogP contribution in [0, 0.1) is 16.7 Å². The Kier molecular flexibility index (Phi) is 5.20. The second-order valence-corrected chi connectivity index (χ2v) is 5.46. The van der Waals surface area contributed by atoms with Crippen LogP contribution in [0.25, 0.3) is 0 Å². The van der Waals surface area contributed by atoms with E-state index in [1.165, 1.54) is 0 Å². The molecular formula is C17H17ClN4O. The predicted octanol–water partition coefficient (Wildman–Crippen LogP) is 3.68. The Hall–Kier alpha value is -2.58. The Morgan fingerprint density at radius 3 is 2.65 bits per heavy atom. The fourth-order valence-corrected chi connectivity index (χ4v) is 2.30. The molecule has 1 aliphatic rings. The number of nitrogens with one attached hydrogen (secondary N) is 1. The molecule has 6 heteroatoms. The van der Waals surface area contributed by atoms with E-state index >= 15 is 0 Å². The van der Waals surface area contributed by atoms with Crippen LogP contribution in [-0.4, -0.2) is 37.0 Å².